The second-order valence-electron chi connectivity index (χ2n) is 8.35. The number of hydrogen-bond donors (Lipinski definition) is 2. The molecule has 2 aliphatic rings. The lowest BCUT2D eigenvalue weighted by Gasteiger charge is -2.21. The lowest BCUT2D eigenvalue weighted by molar-refractivity contribution is 0.177. The molecule has 0 spiro atoms. The standard InChI is InChI=1S/2C7H16N2.C4H11O4P/c2*1-6-5-8(3)7(2)9(6)4;1-4(2)3-8-9(5,6)7/h2*6-7H,5H2,1-4H3;4H,3H2,1-2H3,(H2,5,6,7). The summed E-state index contributed by atoms with van der Waals surface area (Å²) in [5.41, 5.74) is 0. The second-order valence-corrected chi connectivity index (χ2v) is 9.59. The molecular weight excluding hydrogens is 367 g/mol. The van der Waals surface area contributed by atoms with Crippen LogP contribution in [0.4, 0.5) is 0 Å². The molecule has 0 aromatic heterocycles. The average Bonchev–Trinajstić information content (AvgIpc) is 2.90. The van der Waals surface area contributed by atoms with Gasteiger partial charge in [0.15, 0.2) is 0 Å². The molecule has 9 heteroatoms. The van der Waals surface area contributed by atoms with Crippen LogP contribution >= 0.6 is 7.82 Å². The summed E-state index contributed by atoms with van der Waals surface area (Å²) in [6.07, 6.45) is 1.25. The molecule has 0 aromatic carbocycles. The van der Waals surface area contributed by atoms with Crippen LogP contribution in [0.1, 0.15) is 41.5 Å². The van der Waals surface area contributed by atoms with Crippen LogP contribution in [0.5, 0.6) is 0 Å². The normalized spacial score (nSPS) is 30.9. The smallest absolute Gasteiger partial charge is 0.303 e. The summed E-state index contributed by atoms with van der Waals surface area (Å²) >= 11 is 0. The fourth-order valence-electron chi connectivity index (χ4n) is 3.00. The van der Waals surface area contributed by atoms with E-state index in [-0.39, 0.29) is 12.5 Å². The monoisotopic (exact) mass is 410 g/mol. The largest absolute Gasteiger partial charge is 0.469 e. The fraction of sp³-hybridized carbons (Fsp3) is 1.00. The van der Waals surface area contributed by atoms with E-state index in [1.54, 1.807) is 0 Å². The van der Waals surface area contributed by atoms with E-state index < -0.39 is 7.82 Å². The Morgan fingerprint density at radius 2 is 1.22 bits per heavy atom. The molecule has 0 bridgehead atoms. The van der Waals surface area contributed by atoms with Crippen LogP contribution in [0.25, 0.3) is 0 Å². The molecule has 4 unspecified atom stereocenters. The highest BCUT2D eigenvalue weighted by Crippen LogP contribution is 2.36. The molecule has 2 fully saturated rings. The highest BCUT2D eigenvalue weighted by atomic mass is 31.2. The van der Waals surface area contributed by atoms with Gasteiger partial charge in [0.25, 0.3) is 0 Å². The first-order valence-electron chi connectivity index (χ1n) is 9.71. The van der Waals surface area contributed by atoms with Gasteiger partial charge < -0.3 is 9.79 Å². The summed E-state index contributed by atoms with van der Waals surface area (Å²) < 4.78 is 14.2. The number of rotatable bonds is 3. The number of likely N-dealkylation sites (N-methyl/N-ethyl adjacent to an activating group) is 4. The molecule has 2 aliphatic heterocycles. The van der Waals surface area contributed by atoms with Crippen molar-refractivity contribution in [2.45, 2.75) is 66.0 Å². The van der Waals surface area contributed by atoms with Gasteiger partial charge in [-0.15, -0.1) is 0 Å². The summed E-state index contributed by atoms with van der Waals surface area (Å²) in [5.74, 6) is 0.151. The van der Waals surface area contributed by atoms with Crippen molar-refractivity contribution in [1.29, 1.82) is 0 Å². The van der Waals surface area contributed by atoms with Gasteiger partial charge in [-0.25, -0.2) is 4.57 Å². The first kappa shape index (κ1) is 27.0. The van der Waals surface area contributed by atoms with Crippen molar-refractivity contribution in [3.63, 3.8) is 0 Å². The Kier molecular flexibility index (Phi) is 11.8. The topological polar surface area (TPSA) is 79.7 Å². The Labute approximate surface area is 166 Å². The van der Waals surface area contributed by atoms with Gasteiger partial charge in [-0.05, 0) is 61.8 Å². The van der Waals surface area contributed by atoms with E-state index in [2.05, 4.69) is 80.0 Å². The molecule has 2 saturated heterocycles. The third-order valence-corrected chi connectivity index (χ3v) is 6.01. The molecule has 164 valence electrons. The zero-order valence-corrected chi connectivity index (χ0v) is 19.8. The minimum absolute atomic E-state index is 0.101. The number of hydrogen-bond acceptors (Lipinski definition) is 6. The van der Waals surface area contributed by atoms with E-state index in [1.807, 2.05) is 13.8 Å². The lowest BCUT2D eigenvalue weighted by atomic mass is 10.2. The summed E-state index contributed by atoms with van der Waals surface area (Å²) in [7, 11) is 4.48. The third kappa shape index (κ3) is 10.3. The number of phosphoric acid groups is 1. The summed E-state index contributed by atoms with van der Waals surface area (Å²) in [6, 6.07) is 1.45. The van der Waals surface area contributed by atoms with Gasteiger partial charge in [0, 0.05) is 25.2 Å². The van der Waals surface area contributed by atoms with E-state index >= 15 is 0 Å². The van der Waals surface area contributed by atoms with Gasteiger partial charge in [-0.3, -0.25) is 24.1 Å². The van der Waals surface area contributed by atoms with E-state index in [1.165, 1.54) is 13.1 Å². The summed E-state index contributed by atoms with van der Waals surface area (Å²) in [5, 5.41) is 0. The Morgan fingerprint density at radius 1 is 0.889 bits per heavy atom. The zero-order valence-electron chi connectivity index (χ0n) is 19.0. The quantitative estimate of drug-likeness (QED) is 0.684. The van der Waals surface area contributed by atoms with Crippen LogP contribution in [0.2, 0.25) is 0 Å². The minimum atomic E-state index is -4.22. The molecule has 0 aliphatic carbocycles. The molecule has 0 amide bonds. The van der Waals surface area contributed by atoms with Crippen molar-refractivity contribution in [1.82, 2.24) is 19.6 Å². The molecule has 8 nitrogen and oxygen atoms in total. The summed E-state index contributed by atoms with van der Waals surface area (Å²) in [4.78, 5) is 25.8. The Morgan fingerprint density at radius 3 is 1.30 bits per heavy atom. The van der Waals surface area contributed by atoms with Crippen LogP contribution in [0, 0.1) is 5.92 Å². The van der Waals surface area contributed by atoms with Crippen LogP contribution in [-0.4, -0.2) is 102 Å². The molecule has 0 aromatic rings. The van der Waals surface area contributed by atoms with Crippen LogP contribution in [-0.2, 0) is 9.09 Å². The van der Waals surface area contributed by atoms with E-state index in [4.69, 9.17) is 9.79 Å². The fourth-order valence-corrected chi connectivity index (χ4v) is 3.49. The number of nitrogens with zero attached hydrogens (tertiary/aromatic N) is 4. The van der Waals surface area contributed by atoms with E-state index in [0.29, 0.717) is 12.3 Å². The van der Waals surface area contributed by atoms with Crippen molar-refractivity contribution in [3.8, 4) is 0 Å². The van der Waals surface area contributed by atoms with Crippen LogP contribution in [0.15, 0.2) is 0 Å². The maximum Gasteiger partial charge on any atom is 0.469 e. The number of phosphoric ester groups is 1. The van der Waals surface area contributed by atoms with Gasteiger partial charge in [0.1, 0.15) is 0 Å². The summed E-state index contributed by atoms with van der Waals surface area (Å²) in [6.45, 7) is 15.2. The Bertz CT molecular complexity index is 413. The van der Waals surface area contributed by atoms with Crippen LogP contribution < -0.4 is 0 Å². The van der Waals surface area contributed by atoms with Gasteiger partial charge in [-0.1, -0.05) is 13.8 Å². The van der Waals surface area contributed by atoms with Crippen molar-refractivity contribution in [2.24, 2.45) is 5.92 Å². The molecule has 2 rings (SSSR count). The maximum absolute atomic E-state index is 10.0. The molecule has 0 saturated carbocycles. The SMILES string of the molecule is CC(C)COP(=O)(O)O.CC1CN(C)C(C)N1C.CC1CN(C)C(C)N1C. The molecule has 0 radical (unpaired) electrons. The Balaban J connectivity index is 0.000000376. The predicted molar refractivity (Wildman–Crippen MR) is 111 cm³/mol. The molecule has 4 atom stereocenters. The van der Waals surface area contributed by atoms with Crippen LogP contribution in [0.3, 0.4) is 0 Å². The maximum atomic E-state index is 10.0. The van der Waals surface area contributed by atoms with Gasteiger partial charge in [0.05, 0.1) is 18.9 Å². The average molecular weight is 411 g/mol. The second kappa shape index (κ2) is 11.8. The highest BCUT2D eigenvalue weighted by molar-refractivity contribution is 7.46. The van der Waals surface area contributed by atoms with Crippen molar-refractivity contribution in [2.75, 3.05) is 47.9 Å². The first-order chi connectivity index (χ1) is 12.2. The minimum Gasteiger partial charge on any atom is -0.303 e. The molecule has 27 heavy (non-hydrogen) atoms. The molecule has 2 heterocycles. The first-order valence-corrected chi connectivity index (χ1v) is 11.2. The molecular formula is C18H43N4O4P. The zero-order chi connectivity index (χ0) is 21.5. The van der Waals surface area contributed by atoms with Gasteiger partial charge >= 0.3 is 7.82 Å². The Hall–Kier alpha value is -0.0500. The molecule has 2 N–H and O–H groups in total. The van der Waals surface area contributed by atoms with E-state index in [9.17, 15) is 4.57 Å². The van der Waals surface area contributed by atoms with E-state index in [0.717, 1.165) is 12.1 Å². The van der Waals surface area contributed by atoms with Crippen molar-refractivity contribution >= 4 is 7.82 Å². The third-order valence-electron chi connectivity index (χ3n) is 5.53. The lowest BCUT2D eigenvalue weighted by Crippen LogP contribution is -2.32. The van der Waals surface area contributed by atoms with Crippen molar-refractivity contribution < 1.29 is 18.9 Å². The van der Waals surface area contributed by atoms with Crippen molar-refractivity contribution in [3.05, 3.63) is 0 Å². The van der Waals surface area contributed by atoms with Gasteiger partial charge in [0.2, 0.25) is 0 Å². The highest BCUT2D eigenvalue weighted by Gasteiger charge is 2.28. The van der Waals surface area contributed by atoms with Gasteiger partial charge in [-0.2, -0.15) is 0 Å². The predicted octanol–water partition coefficient (Wildman–Crippen LogP) is 1.95.